The van der Waals surface area contributed by atoms with Gasteiger partial charge >= 0.3 is 0 Å². The lowest BCUT2D eigenvalue weighted by Gasteiger charge is -2.25. The fraction of sp³-hybridized carbons (Fsp3) is 0.529. The Morgan fingerprint density at radius 1 is 1.29 bits per heavy atom. The van der Waals surface area contributed by atoms with Crippen molar-refractivity contribution in [1.29, 1.82) is 0 Å². The fourth-order valence-corrected chi connectivity index (χ4v) is 4.62. The minimum atomic E-state index is 0.0977. The van der Waals surface area contributed by atoms with E-state index in [1.807, 2.05) is 18.2 Å². The van der Waals surface area contributed by atoms with Crippen LogP contribution in [0.5, 0.6) is 0 Å². The highest BCUT2D eigenvalue weighted by Gasteiger charge is 2.40. The zero-order chi connectivity index (χ0) is 14.4. The SMILES string of the molecule is NNC(CC1CC2CCC1C2)c1cc2cc(Cl)ccc2o1. The van der Waals surface area contributed by atoms with Crippen molar-refractivity contribution >= 4 is 22.6 Å². The molecule has 2 aliphatic rings. The molecule has 112 valence electrons. The number of benzene rings is 1. The van der Waals surface area contributed by atoms with E-state index in [2.05, 4.69) is 11.5 Å². The predicted octanol–water partition coefficient (Wildman–Crippen LogP) is 4.42. The maximum absolute atomic E-state index is 6.04. The molecule has 4 heteroatoms. The maximum atomic E-state index is 6.04. The molecule has 2 aromatic rings. The van der Waals surface area contributed by atoms with E-state index >= 15 is 0 Å². The van der Waals surface area contributed by atoms with Gasteiger partial charge in [0.25, 0.3) is 0 Å². The minimum absolute atomic E-state index is 0.0977. The van der Waals surface area contributed by atoms with Crippen LogP contribution in [0.4, 0.5) is 0 Å². The van der Waals surface area contributed by atoms with E-state index in [9.17, 15) is 0 Å². The van der Waals surface area contributed by atoms with Gasteiger partial charge in [-0.25, -0.2) is 5.43 Å². The number of hydrogen-bond donors (Lipinski definition) is 2. The molecule has 3 nitrogen and oxygen atoms in total. The second-order valence-electron chi connectivity index (χ2n) is 6.72. The van der Waals surface area contributed by atoms with Gasteiger partial charge in [0.05, 0.1) is 6.04 Å². The van der Waals surface area contributed by atoms with E-state index in [1.165, 1.54) is 25.7 Å². The van der Waals surface area contributed by atoms with Crippen molar-refractivity contribution in [3.63, 3.8) is 0 Å². The van der Waals surface area contributed by atoms with Crippen molar-refractivity contribution < 1.29 is 4.42 Å². The van der Waals surface area contributed by atoms with Crippen LogP contribution in [0.15, 0.2) is 28.7 Å². The number of nitrogens with two attached hydrogens (primary N) is 1. The maximum Gasteiger partial charge on any atom is 0.134 e. The molecule has 21 heavy (non-hydrogen) atoms. The van der Waals surface area contributed by atoms with Crippen LogP contribution in [0, 0.1) is 17.8 Å². The molecule has 2 aliphatic carbocycles. The molecule has 0 spiro atoms. The molecule has 4 atom stereocenters. The van der Waals surface area contributed by atoms with E-state index in [0.29, 0.717) is 0 Å². The molecule has 0 amide bonds. The summed E-state index contributed by atoms with van der Waals surface area (Å²) in [6, 6.07) is 7.89. The van der Waals surface area contributed by atoms with Crippen LogP contribution in [-0.4, -0.2) is 0 Å². The van der Waals surface area contributed by atoms with E-state index in [4.69, 9.17) is 21.9 Å². The van der Waals surface area contributed by atoms with E-state index in [0.717, 1.165) is 45.9 Å². The van der Waals surface area contributed by atoms with Crippen LogP contribution in [0.3, 0.4) is 0 Å². The summed E-state index contributed by atoms with van der Waals surface area (Å²) in [6.45, 7) is 0. The molecule has 1 aromatic carbocycles. The molecule has 3 N–H and O–H groups in total. The summed E-state index contributed by atoms with van der Waals surface area (Å²) < 4.78 is 5.97. The summed E-state index contributed by atoms with van der Waals surface area (Å²) in [5.74, 6) is 9.39. The Labute approximate surface area is 129 Å². The summed E-state index contributed by atoms with van der Waals surface area (Å²) in [4.78, 5) is 0. The zero-order valence-corrected chi connectivity index (χ0v) is 12.8. The van der Waals surface area contributed by atoms with Gasteiger partial charge < -0.3 is 4.42 Å². The van der Waals surface area contributed by atoms with Gasteiger partial charge in [-0.3, -0.25) is 5.84 Å². The van der Waals surface area contributed by atoms with E-state index < -0.39 is 0 Å². The predicted molar refractivity (Wildman–Crippen MR) is 84.8 cm³/mol. The number of hydrogen-bond acceptors (Lipinski definition) is 3. The number of rotatable bonds is 4. The van der Waals surface area contributed by atoms with E-state index in [1.54, 1.807) is 0 Å². The van der Waals surface area contributed by atoms with Gasteiger partial charge in [0, 0.05) is 10.4 Å². The van der Waals surface area contributed by atoms with Crippen LogP contribution in [0.1, 0.15) is 43.9 Å². The topological polar surface area (TPSA) is 51.2 Å². The molecular formula is C17H21ClN2O. The molecular weight excluding hydrogens is 284 g/mol. The monoisotopic (exact) mass is 304 g/mol. The van der Waals surface area contributed by atoms with Gasteiger partial charge in [0.1, 0.15) is 11.3 Å². The molecule has 0 radical (unpaired) electrons. The van der Waals surface area contributed by atoms with Gasteiger partial charge in [-0.1, -0.05) is 18.0 Å². The van der Waals surface area contributed by atoms with Crippen LogP contribution in [0.2, 0.25) is 5.02 Å². The van der Waals surface area contributed by atoms with E-state index in [-0.39, 0.29) is 6.04 Å². The highest BCUT2D eigenvalue weighted by atomic mass is 35.5. The Morgan fingerprint density at radius 2 is 2.19 bits per heavy atom. The van der Waals surface area contributed by atoms with Gasteiger partial charge in [0.2, 0.25) is 0 Å². The van der Waals surface area contributed by atoms with Gasteiger partial charge in [-0.15, -0.1) is 0 Å². The largest absolute Gasteiger partial charge is 0.459 e. The molecule has 1 aromatic heterocycles. The first-order valence-electron chi connectivity index (χ1n) is 7.88. The summed E-state index contributed by atoms with van der Waals surface area (Å²) >= 11 is 6.04. The standard InChI is InChI=1S/C17H21ClN2O/c18-14-3-4-16-13(7-14)9-17(21-16)15(20-19)8-12-6-10-1-2-11(12)5-10/h3-4,7,9-12,15,20H,1-2,5-6,8,19H2. The normalized spacial score (nSPS) is 29.3. The fourth-order valence-electron chi connectivity index (χ4n) is 4.44. The van der Waals surface area contributed by atoms with Crippen molar-refractivity contribution in [1.82, 2.24) is 5.43 Å². The van der Waals surface area contributed by atoms with Gasteiger partial charge in [-0.05, 0) is 67.7 Å². The Morgan fingerprint density at radius 3 is 2.90 bits per heavy atom. The van der Waals surface area contributed by atoms with Gasteiger partial charge in [0.15, 0.2) is 0 Å². The summed E-state index contributed by atoms with van der Waals surface area (Å²) in [7, 11) is 0. The molecule has 4 rings (SSSR count). The van der Waals surface area contributed by atoms with Crippen molar-refractivity contribution in [2.24, 2.45) is 23.6 Å². The van der Waals surface area contributed by atoms with Gasteiger partial charge in [-0.2, -0.15) is 0 Å². The highest BCUT2D eigenvalue weighted by Crippen LogP contribution is 2.51. The van der Waals surface area contributed by atoms with Crippen molar-refractivity contribution in [2.45, 2.75) is 38.1 Å². The average Bonchev–Trinajstić information content (AvgIpc) is 3.18. The minimum Gasteiger partial charge on any atom is -0.459 e. The highest BCUT2D eigenvalue weighted by molar-refractivity contribution is 6.31. The molecule has 2 fully saturated rings. The summed E-state index contributed by atoms with van der Waals surface area (Å²) in [5.41, 5.74) is 3.83. The molecule has 2 bridgehead atoms. The lowest BCUT2D eigenvalue weighted by atomic mass is 9.84. The first-order chi connectivity index (χ1) is 10.2. The Hall–Kier alpha value is -1.03. The first-order valence-corrected chi connectivity index (χ1v) is 8.26. The number of nitrogens with one attached hydrogen (secondary N) is 1. The third kappa shape index (κ3) is 2.48. The third-order valence-corrected chi connectivity index (χ3v) is 5.70. The number of halogens is 1. The molecule has 0 aliphatic heterocycles. The van der Waals surface area contributed by atoms with Crippen molar-refractivity contribution in [3.8, 4) is 0 Å². The third-order valence-electron chi connectivity index (χ3n) is 5.47. The quantitative estimate of drug-likeness (QED) is 0.649. The van der Waals surface area contributed by atoms with Crippen molar-refractivity contribution in [2.75, 3.05) is 0 Å². The Kier molecular flexibility index (Phi) is 3.44. The lowest BCUT2D eigenvalue weighted by molar-refractivity contribution is 0.266. The average molecular weight is 305 g/mol. The first kappa shape index (κ1) is 13.6. The second-order valence-corrected chi connectivity index (χ2v) is 7.16. The molecule has 1 heterocycles. The Bertz CT molecular complexity index is 653. The van der Waals surface area contributed by atoms with Crippen LogP contribution < -0.4 is 11.3 Å². The molecule has 0 saturated heterocycles. The van der Waals surface area contributed by atoms with Crippen LogP contribution in [-0.2, 0) is 0 Å². The number of furan rings is 1. The lowest BCUT2D eigenvalue weighted by Crippen LogP contribution is -2.30. The van der Waals surface area contributed by atoms with Crippen LogP contribution >= 0.6 is 11.6 Å². The number of hydrazine groups is 1. The smallest absolute Gasteiger partial charge is 0.134 e. The Balaban J connectivity index is 1.56. The number of fused-ring (bicyclic) bond motifs is 3. The second kappa shape index (κ2) is 5.31. The molecule has 2 saturated carbocycles. The summed E-state index contributed by atoms with van der Waals surface area (Å²) in [6.07, 6.45) is 6.71. The molecule has 4 unspecified atom stereocenters. The summed E-state index contributed by atoms with van der Waals surface area (Å²) in [5, 5.41) is 1.78. The van der Waals surface area contributed by atoms with Crippen molar-refractivity contribution in [3.05, 3.63) is 35.0 Å². The van der Waals surface area contributed by atoms with Crippen LogP contribution in [0.25, 0.3) is 11.0 Å². The zero-order valence-electron chi connectivity index (χ0n) is 12.0.